The van der Waals surface area contributed by atoms with Gasteiger partial charge in [-0.15, -0.1) is 0 Å². The van der Waals surface area contributed by atoms with E-state index in [0.717, 1.165) is 12.1 Å². The van der Waals surface area contributed by atoms with Crippen LogP contribution >= 0.6 is 0 Å². The fourth-order valence-electron chi connectivity index (χ4n) is 2.76. The van der Waals surface area contributed by atoms with E-state index >= 15 is 0 Å². The van der Waals surface area contributed by atoms with Crippen molar-refractivity contribution in [3.05, 3.63) is 71.8 Å². The maximum absolute atomic E-state index is 12.5. The Morgan fingerprint density at radius 3 is 2.16 bits per heavy atom. The smallest absolute Gasteiger partial charge is 0.181 e. The topological polar surface area (TPSA) is 20.1 Å². The molecule has 0 aliphatic carbocycles. The Bertz CT molecular complexity index is 564. The summed E-state index contributed by atoms with van der Waals surface area (Å²) in [5, 5.41) is 0. The molecule has 0 N–H and O–H groups in total. The number of benzene rings is 2. The minimum absolute atomic E-state index is 0.00907. The Kier molecular flexibility index (Phi) is 3.18. The number of hydrogen-bond donors (Lipinski definition) is 0. The average molecular weight is 251 g/mol. The van der Waals surface area contributed by atoms with Gasteiger partial charge in [0.05, 0.1) is 12.1 Å². The number of likely N-dealkylation sites (N-methyl/N-ethyl adjacent to an activating group) is 1. The summed E-state index contributed by atoms with van der Waals surface area (Å²) in [6, 6.07) is 20.1. The maximum atomic E-state index is 12.5. The van der Waals surface area contributed by atoms with Gasteiger partial charge in [0, 0.05) is 5.56 Å². The molecule has 0 aromatic heterocycles. The molecule has 2 nitrogen and oxygen atoms in total. The van der Waals surface area contributed by atoms with Crippen LogP contribution < -0.4 is 0 Å². The van der Waals surface area contributed by atoms with Crippen molar-refractivity contribution in [3.8, 4) is 0 Å². The number of carbonyl (C=O) groups excluding carboxylic acids is 1. The van der Waals surface area contributed by atoms with Crippen molar-refractivity contribution in [1.82, 2.24) is 4.90 Å². The molecule has 1 aliphatic rings. The lowest BCUT2D eigenvalue weighted by atomic mass is 10.0. The summed E-state index contributed by atoms with van der Waals surface area (Å²) in [5.74, 6) is 0.233. The molecule has 1 saturated heterocycles. The van der Waals surface area contributed by atoms with Crippen LogP contribution in [0, 0.1) is 0 Å². The van der Waals surface area contributed by atoms with Crippen molar-refractivity contribution in [3.63, 3.8) is 0 Å². The molecule has 3 rings (SSSR count). The Labute approximate surface area is 113 Å². The highest BCUT2D eigenvalue weighted by Gasteiger charge is 2.51. The van der Waals surface area contributed by atoms with Crippen LogP contribution in [-0.4, -0.2) is 23.3 Å². The third-order valence-electron chi connectivity index (χ3n) is 3.76. The van der Waals surface area contributed by atoms with Gasteiger partial charge in [0.25, 0.3) is 0 Å². The third kappa shape index (κ3) is 2.20. The SMILES string of the molecule is CCN1[C@H](c2ccccc2)[C@@H]1C(=O)c1ccccc1. The van der Waals surface area contributed by atoms with E-state index in [1.54, 1.807) is 0 Å². The van der Waals surface area contributed by atoms with Crippen LogP contribution in [0.4, 0.5) is 0 Å². The van der Waals surface area contributed by atoms with Crippen molar-refractivity contribution >= 4 is 5.78 Å². The molecule has 2 aromatic carbocycles. The van der Waals surface area contributed by atoms with Crippen LogP contribution in [0.1, 0.15) is 28.9 Å². The predicted molar refractivity (Wildman–Crippen MR) is 76.1 cm³/mol. The van der Waals surface area contributed by atoms with Crippen molar-refractivity contribution < 1.29 is 4.79 Å². The number of hydrogen-bond acceptors (Lipinski definition) is 2. The third-order valence-corrected chi connectivity index (χ3v) is 3.76. The molecule has 1 fully saturated rings. The number of Topliss-reactive ketones (excluding diaryl/α,β-unsaturated/α-hetero) is 1. The molecule has 0 amide bonds. The molecule has 0 saturated carbocycles. The second kappa shape index (κ2) is 4.98. The van der Waals surface area contributed by atoms with Gasteiger partial charge in [0.2, 0.25) is 0 Å². The van der Waals surface area contributed by atoms with Crippen molar-refractivity contribution in [2.24, 2.45) is 0 Å². The van der Waals surface area contributed by atoms with Crippen molar-refractivity contribution in [1.29, 1.82) is 0 Å². The number of carbonyl (C=O) groups is 1. The van der Waals surface area contributed by atoms with Crippen LogP contribution in [0.25, 0.3) is 0 Å². The summed E-state index contributed by atoms with van der Waals surface area (Å²) < 4.78 is 0. The van der Waals surface area contributed by atoms with Crippen LogP contribution in [0.15, 0.2) is 60.7 Å². The van der Waals surface area contributed by atoms with Gasteiger partial charge in [0.15, 0.2) is 5.78 Å². The lowest BCUT2D eigenvalue weighted by molar-refractivity contribution is 0.0974. The molecule has 1 heterocycles. The first-order valence-corrected chi connectivity index (χ1v) is 6.73. The van der Waals surface area contributed by atoms with E-state index in [2.05, 4.69) is 24.0 Å². The first-order chi connectivity index (χ1) is 9.33. The fraction of sp³-hybridized carbons (Fsp3) is 0.235. The van der Waals surface area contributed by atoms with Gasteiger partial charge >= 0.3 is 0 Å². The summed E-state index contributed by atoms with van der Waals surface area (Å²) in [7, 11) is 0. The molecule has 0 spiro atoms. The lowest BCUT2D eigenvalue weighted by Gasteiger charge is -1.98. The lowest BCUT2D eigenvalue weighted by Crippen LogP contribution is -2.12. The summed E-state index contributed by atoms with van der Waals surface area (Å²) in [6.07, 6.45) is 0. The Balaban J connectivity index is 1.84. The minimum Gasteiger partial charge on any atom is -0.292 e. The molecule has 19 heavy (non-hydrogen) atoms. The quantitative estimate of drug-likeness (QED) is 0.613. The van der Waals surface area contributed by atoms with Gasteiger partial charge in [-0.05, 0) is 12.1 Å². The summed E-state index contributed by atoms with van der Waals surface area (Å²) in [5.41, 5.74) is 2.04. The largest absolute Gasteiger partial charge is 0.292 e. The molecule has 0 bridgehead atoms. The molecule has 3 atom stereocenters. The average Bonchev–Trinajstić information content (AvgIpc) is 3.22. The Morgan fingerprint density at radius 2 is 1.58 bits per heavy atom. The Hall–Kier alpha value is -1.93. The zero-order chi connectivity index (χ0) is 13.2. The molecule has 0 radical (unpaired) electrons. The minimum atomic E-state index is 0.00907. The standard InChI is InChI=1S/C17H17NO/c1-2-18-15(13-9-5-3-6-10-13)16(18)17(19)14-11-7-4-8-12-14/h3-12,15-16H,2H2,1H3/t15-,16-,18?/m1/s1. The highest BCUT2D eigenvalue weighted by Crippen LogP contribution is 2.44. The highest BCUT2D eigenvalue weighted by atomic mass is 16.1. The van der Waals surface area contributed by atoms with Crippen LogP contribution in [0.5, 0.6) is 0 Å². The Morgan fingerprint density at radius 1 is 1.00 bits per heavy atom. The van der Waals surface area contributed by atoms with Gasteiger partial charge in [-0.3, -0.25) is 9.69 Å². The number of nitrogens with zero attached hydrogens (tertiary/aromatic N) is 1. The van der Waals surface area contributed by atoms with Gasteiger partial charge in [-0.25, -0.2) is 0 Å². The van der Waals surface area contributed by atoms with E-state index in [-0.39, 0.29) is 17.9 Å². The molecule has 2 aromatic rings. The van der Waals surface area contributed by atoms with Gasteiger partial charge in [-0.2, -0.15) is 0 Å². The summed E-state index contributed by atoms with van der Waals surface area (Å²) in [6.45, 7) is 3.01. The van der Waals surface area contributed by atoms with Crippen molar-refractivity contribution in [2.45, 2.75) is 19.0 Å². The monoisotopic (exact) mass is 251 g/mol. The molecule has 96 valence electrons. The van der Waals surface area contributed by atoms with Crippen LogP contribution in [-0.2, 0) is 0 Å². The normalized spacial score (nSPS) is 25.0. The van der Waals surface area contributed by atoms with Crippen LogP contribution in [0.3, 0.4) is 0 Å². The van der Waals surface area contributed by atoms with E-state index in [1.165, 1.54) is 5.56 Å². The summed E-state index contributed by atoms with van der Waals surface area (Å²) >= 11 is 0. The summed E-state index contributed by atoms with van der Waals surface area (Å²) in [4.78, 5) is 14.8. The maximum Gasteiger partial charge on any atom is 0.181 e. The zero-order valence-corrected chi connectivity index (χ0v) is 11.0. The predicted octanol–water partition coefficient (Wildman–Crippen LogP) is 3.31. The first kappa shape index (κ1) is 12.1. The van der Waals surface area contributed by atoms with Gasteiger partial charge < -0.3 is 0 Å². The molecule has 2 heteroatoms. The number of ketones is 1. The van der Waals surface area contributed by atoms with Gasteiger partial charge in [0.1, 0.15) is 0 Å². The van der Waals surface area contributed by atoms with Crippen molar-refractivity contribution in [2.75, 3.05) is 6.54 Å². The highest BCUT2D eigenvalue weighted by molar-refractivity contribution is 6.02. The van der Waals surface area contributed by atoms with E-state index in [1.807, 2.05) is 48.5 Å². The van der Waals surface area contributed by atoms with Crippen LogP contribution in [0.2, 0.25) is 0 Å². The van der Waals surface area contributed by atoms with E-state index < -0.39 is 0 Å². The van der Waals surface area contributed by atoms with E-state index in [9.17, 15) is 4.79 Å². The second-order valence-corrected chi connectivity index (χ2v) is 4.86. The molecular weight excluding hydrogens is 234 g/mol. The number of rotatable bonds is 4. The first-order valence-electron chi connectivity index (χ1n) is 6.73. The van der Waals surface area contributed by atoms with Gasteiger partial charge in [-0.1, -0.05) is 67.6 Å². The zero-order valence-electron chi connectivity index (χ0n) is 11.0. The van der Waals surface area contributed by atoms with E-state index in [0.29, 0.717) is 0 Å². The van der Waals surface area contributed by atoms with E-state index in [4.69, 9.17) is 0 Å². The molecule has 1 aliphatic heterocycles. The molecular formula is C17H17NO. The molecule has 1 unspecified atom stereocenters. The second-order valence-electron chi connectivity index (χ2n) is 4.86. The fourth-order valence-corrected chi connectivity index (χ4v) is 2.76.